The Kier molecular flexibility index (Phi) is 5.84. The zero-order valence-corrected chi connectivity index (χ0v) is 18.4. The summed E-state index contributed by atoms with van der Waals surface area (Å²) in [5.41, 5.74) is 4.38. The Morgan fingerprint density at radius 3 is 2.73 bits per heavy atom. The summed E-state index contributed by atoms with van der Waals surface area (Å²) >= 11 is 0. The van der Waals surface area contributed by atoms with Gasteiger partial charge >= 0.3 is 0 Å². The Hall–Kier alpha value is -2.38. The maximum atomic E-state index is 12.8. The molecule has 0 bridgehead atoms. The average molecular weight is 428 g/mol. The Morgan fingerprint density at radius 2 is 1.93 bits per heavy atom. The summed E-state index contributed by atoms with van der Waals surface area (Å²) in [6.07, 6.45) is 2.91. The van der Waals surface area contributed by atoms with Gasteiger partial charge in [-0.1, -0.05) is 25.1 Å². The van der Waals surface area contributed by atoms with E-state index >= 15 is 0 Å². The minimum Gasteiger partial charge on any atom is -0.368 e. The number of carbonyl (C=O) groups excluding carboxylic acids is 1. The van der Waals surface area contributed by atoms with Gasteiger partial charge in [-0.15, -0.1) is 0 Å². The molecule has 0 fully saturated rings. The molecule has 1 amide bonds. The van der Waals surface area contributed by atoms with Crippen molar-refractivity contribution in [2.45, 2.75) is 50.5 Å². The first-order valence-corrected chi connectivity index (χ1v) is 12.2. The molecule has 7 heteroatoms. The fraction of sp³-hybridized carbons (Fsp3) is 0.435. The van der Waals surface area contributed by atoms with E-state index in [1.54, 1.807) is 23.1 Å². The quantitative estimate of drug-likeness (QED) is 0.690. The van der Waals surface area contributed by atoms with Crippen LogP contribution in [0.3, 0.4) is 0 Å². The first-order valence-electron chi connectivity index (χ1n) is 10.7. The number of anilines is 2. The van der Waals surface area contributed by atoms with Crippen molar-refractivity contribution in [3.63, 3.8) is 0 Å². The molecule has 1 atom stereocenters. The van der Waals surface area contributed by atoms with Gasteiger partial charge < -0.3 is 9.80 Å². The third-order valence-corrected chi connectivity index (χ3v) is 7.54. The van der Waals surface area contributed by atoms with E-state index in [0.29, 0.717) is 32.0 Å². The molecule has 30 heavy (non-hydrogen) atoms. The Bertz CT molecular complexity index is 1050. The first kappa shape index (κ1) is 20.9. The van der Waals surface area contributed by atoms with Gasteiger partial charge in [-0.3, -0.25) is 4.79 Å². The van der Waals surface area contributed by atoms with Crippen LogP contribution < -0.4 is 14.5 Å². The monoisotopic (exact) mass is 427 g/mol. The van der Waals surface area contributed by atoms with Crippen LogP contribution in [0, 0.1) is 0 Å². The number of carbonyl (C=O) groups is 1. The first-order chi connectivity index (χ1) is 14.4. The van der Waals surface area contributed by atoms with Gasteiger partial charge in [0.25, 0.3) is 0 Å². The number of nitrogens with one attached hydrogen (secondary N) is 1. The molecule has 4 rings (SSSR count). The highest BCUT2D eigenvalue weighted by Crippen LogP contribution is 2.32. The van der Waals surface area contributed by atoms with Gasteiger partial charge in [0.1, 0.15) is 0 Å². The summed E-state index contributed by atoms with van der Waals surface area (Å²) < 4.78 is 28.3. The molecule has 0 aromatic heterocycles. The molecule has 0 unspecified atom stereocenters. The number of hydrogen-bond acceptors (Lipinski definition) is 4. The van der Waals surface area contributed by atoms with Crippen LogP contribution in [0.5, 0.6) is 0 Å². The standard InChI is InChI=1S/C23H29N3O3S/c1-3-23(27)26-14-11-19-16-20(9-10-22(19)26)30(28,29)24-12-6-13-25-17(2)15-18-7-4-5-8-21(18)25/h4-5,7-10,16-17,24H,3,6,11-15H2,1-2H3/t17-/m1/s1. The van der Waals surface area contributed by atoms with E-state index < -0.39 is 10.0 Å². The third kappa shape index (κ3) is 3.96. The summed E-state index contributed by atoms with van der Waals surface area (Å²) in [6.45, 7) is 5.88. The summed E-state index contributed by atoms with van der Waals surface area (Å²) in [6, 6.07) is 13.9. The van der Waals surface area contributed by atoms with Crippen molar-refractivity contribution in [3.05, 3.63) is 53.6 Å². The molecule has 2 aromatic carbocycles. The van der Waals surface area contributed by atoms with Gasteiger partial charge in [-0.25, -0.2) is 13.1 Å². The van der Waals surface area contributed by atoms with E-state index in [0.717, 1.165) is 30.6 Å². The molecule has 2 aliphatic rings. The fourth-order valence-corrected chi connectivity index (χ4v) is 5.63. The Labute approximate surface area is 178 Å². The number of para-hydroxylation sites is 1. The maximum Gasteiger partial charge on any atom is 0.240 e. The minimum absolute atomic E-state index is 0.0696. The molecule has 2 aliphatic heterocycles. The maximum absolute atomic E-state index is 12.8. The lowest BCUT2D eigenvalue weighted by Gasteiger charge is -2.25. The molecule has 1 N–H and O–H groups in total. The number of fused-ring (bicyclic) bond motifs is 2. The molecule has 0 spiro atoms. The number of amides is 1. The second kappa shape index (κ2) is 8.40. The van der Waals surface area contributed by atoms with Crippen LogP contribution in [0.1, 0.15) is 37.8 Å². The SMILES string of the molecule is CCC(=O)N1CCc2cc(S(=O)(=O)NCCCN3c4ccccc4C[C@H]3C)ccc21. The van der Waals surface area contributed by atoms with Gasteiger partial charge in [-0.2, -0.15) is 0 Å². The van der Waals surface area contributed by atoms with E-state index in [4.69, 9.17) is 0 Å². The molecule has 160 valence electrons. The minimum atomic E-state index is -3.57. The van der Waals surface area contributed by atoms with Crippen LogP contribution in [0.25, 0.3) is 0 Å². The largest absolute Gasteiger partial charge is 0.368 e. The van der Waals surface area contributed by atoms with E-state index in [9.17, 15) is 13.2 Å². The number of nitrogens with zero attached hydrogens (tertiary/aromatic N) is 2. The molecule has 6 nitrogen and oxygen atoms in total. The molecular weight excluding hydrogens is 398 g/mol. The lowest BCUT2D eigenvalue weighted by Crippen LogP contribution is -2.33. The van der Waals surface area contributed by atoms with Crippen LogP contribution in [0.2, 0.25) is 0 Å². The predicted molar refractivity (Wildman–Crippen MR) is 120 cm³/mol. The van der Waals surface area contributed by atoms with Gasteiger partial charge in [0.15, 0.2) is 0 Å². The van der Waals surface area contributed by atoms with Crippen LogP contribution >= 0.6 is 0 Å². The van der Waals surface area contributed by atoms with E-state index in [1.807, 2.05) is 6.92 Å². The number of hydrogen-bond donors (Lipinski definition) is 1. The summed E-state index contributed by atoms with van der Waals surface area (Å²) in [5.74, 6) is 0.0696. The molecule has 0 saturated carbocycles. The average Bonchev–Trinajstić information content (AvgIpc) is 3.30. The van der Waals surface area contributed by atoms with E-state index in [2.05, 4.69) is 40.8 Å². The third-order valence-electron chi connectivity index (χ3n) is 6.08. The zero-order valence-electron chi connectivity index (χ0n) is 17.6. The molecular formula is C23H29N3O3S. The highest BCUT2D eigenvalue weighted by molar-refractivity contribution is 7.89. The van der Waals surface area contributed by atoms with Crippen LogP contribution in [-0.2, 0) is 27.7 Å². The van der Waals surface area contributed by atoms with Crippen molar-refractivity contribution in [1.82, 2.24) is 4.72 Å². The van der Waals surface area contributed by atoms with Crippen LogP contribution in [0.4, 0.5) is 11.4 Å². The second-order valence-corrected chi connectivity index (χ2v) is 9.83. The van der Waals surface area contributed by atoms with Crippen molar-refractivity contribution in [1.29, 1.82) is 0 Å². The molecule has 0 aliphatic carbocycles. The predicted octanol–water partition coefficient (Wildman–Crippen LogP) is 3.11. The van der Waals surface area contributed by atoms with Gasteiger partial charge in [-0.05, 0) is 61.6 Å². The van der Waals surface area contributed by atoms with Gasteiger partial charge in [0.2, 0.25) is 15.9 Å². The summed E-state index contributed by atoms with van der Waals surface area (Å²) in [5, 5.41) is 0. The Morgan fingerprint density at radius 1 is 1.13 bits per heavy atom. The summed E-state index contributed by atoms with van der Waals surface area (Å²) in [4.78, 5) is 16.4. The molecule has 0 radical (unpaired) electrons. The molecule has 2 aromatic rings. The fourth-order valence-electron chi connectivity index (χ4n) is 4.50. The van der Waals surface area contributed by atoms with Crippen molar-refractivity contribution < 1.29 is 13.2 Å². The second-order valence-electron chi connectivity index (χ2n) is 8.07. The number of sulfonamides is 1. The molecule has 0 saturated heterocycles. The van der Waals surface area contributed by atoms with Crippen molar-refractivity contribution in [2.24, 2.45) is 0 Å². The zero-order chi connectivity index (χ0) is 21.3. The van der Waals surface area contributed by atoms with Crippen LogP contribution in [0.15, 0.2) is 47.4 Å². The topological polar surface area (TPSA) is 69.7 Å². The highest BCUT2D eigenvalue weighted by Gasteiger charge is 2.27. The van der Waals surface area contributed by atoms with Gasteiger partial charge in [0.05, 0.1) is 4.90 Å². The lowest BCUT2D eigenvalue weighted by molar-refractivity contribution is -0.118. The van der Waals surface area contributed by atoms with Crippen LogP contribution in [-0.4, -0.2) is 40.0 Å². The van der Waals surface area contributed by atoms with Crippen molar-refractivity contribution in [3.8, 4) is 0 Å². The highest BCUT2D eigenvalue weighted by atomic mass is 32.2. The summed E-state index contributed by atoms with van der Waals surface area (Å²) in [7, 11) is -3.57. The van der Waals surface area contributed by atoms with E-state index in [-0.39, 0.29) is 10.8 Å². The lowest BCUT2D eigenvalue weighted by atomic mass is 10.1. The number of benzene rings is 2. The smallest absolute Gasteiger partial charge is 0.240 e. The van der Waals surface area contributed by atoms with E-state index in [1.165, 1.54) is 11.3 Å². The molecule has 2 heterocycles. The van der Waals surface area contributed by atoms with Gasteiger partial charge in [0, 0.05) is 43.5 Å². The number of rotatable bonds is 7. The Balaban J connectivity index is 1.36. The van der Waals surface area contributed by atoms with Crippen molar-refractivity contribution in [2.75, 3.05) is 29.4 Å². The normalized spacial score (nSPS) is 17.9. The van der Waals surface area contributed by atoms with Crippen molar-refractivity contribution >= 4 is 27.3 Å².